The molecule has 2 N–H and O–H groups in total. The number of carbonyl (C=O) groups excluding carboxylic acids is 1. The van der Waals surface area contributed by atoms with Gasteiger partial charge in [-0.1, -0.05) is 60.7 Å². The molecule has 0 saturated heterocycles. The summed E-state index contributed by atoms with van der Waals surface area (Å²) in [6, 6.07) is 14.8. The van der Waals surface area contributed by atoms with Gasteiger partial charge in [-0.25, -0.2) is 0 Å². The molecule has 0 aromatic heterocycles. The number of ketones is 1. The SMILES string of the molecule is [2H]C([2H])(c1ccccc1)S(=O)(=O)OC1=C(N)O[C@]([2H])(c2ccccc2)C1=O. The Hall–Kier alpha value is -2.80. The maximum Gasteiger partial charge on any atom is 0.313 e. The van der Waals surface area contributed by atoms with E-state index in [1.54, 1.807) is 24.3 Å². The van der Waals surface area contributed by atoms with Crippen molar-refractivity contribution in [3.63, 3.8) is 0 Å². The maximum absolute atomic E-state index is 12.6. The highest BCUT2D eigenvalue weighted by atomic mass is 32.2. The summed E-state index contributed by atoms with van der Waals surface area (Å²) >= 11 is 0. The van der Waals surface area contributed by atoms with Gasteiger partial charge >= 0.3 is 10.1 Å². The molecule has 2 aromatic rings. The van der Waals surface area contributed by atoms with E-state index >= 15 is 0 Å². The molecule has 0 spiro atoms. The molecule has 3 rings (SSSR count). The number of rotatable bonds is 5. The highest BCUT2D eigenvalue weighted by Gasteiger charge is 2.39. The van der Waals surface area contributed by atoms with Gasteiger partial charge in [-0.05, 0) is 5.56 Å². The van der Waals surface area contributed by atoms with Crippen molar-refractivity contribution < 1.29 is 26.2 Å². The van der Waals surface area contributed by atoms with Crippen molar-refractivity contribution in [2.24, 2.45) is 5.73 Å². The van der Waals surface area contributed by atoms with E-state index in [4.69, 9.17) is 18.8 Å². The first-order chi connectivity index (χ1) is 12.6. The lowest BCUT2D eigenvalue weighted by Crippen LogP contribution is -2.16. The zero-order valence-corrected chi connectivity index (χ0v) is 13.1. The smallest absolute Gasteiger partial charge is 0.313 e. The van der Waals surface area contributed by atoms with Crippen LogP contribution in [0.15, 0.2) is 72.3 Å². The van der Waals surface area contributed by atoms with Gasteiger partial charge in [0.1, 0.15) is 5.70 Å². The number of carbonyl (C=O) groups is 1. The Morgan fingerprint density at radius 2 is 1.71 bits per heavy atom. The Balaban J connectivity index is 1.94. The number of Topliss-reactive ketones (excluding diaryl/α,β-unsaturated/α-hetero) is 1. The zero-order chi connectivity index (χ0) is 19.9. The number of hydrogen-bond acceptors (Lipinski definition) is 6. The molecule has 1 aliphatic heterocycles. The molecule has 6 nitrogen and oxygen atoms in total. The fourth-order valence-electron chi connectivity index (χ4n) is 2.06. The first-order valence-corrected chi connectivity index (χ1v) is 8.29. The van der Waals surface area contributed by atoms with Gasteiger partial charge in [0.15, 0.2) is 6.08 Å². The molecular weight excluding hydrogens is 330 g/mol. The van der Waals surface area contributed by atoms with E-state index in [9.17, 15) is 13.2 Å². The number of benzene rings is 2. The standard InChI is InChI=1S/C17H15NO5S/c18-17-16(14(19)15(22-17)13-9-5-2-6-10-13)23-24(20,21)11-12-7-3-1-4-8-12/h1-10,15H,11,18H2/t15-/m1/s1/i11D2,15D. The third-order valence-electron chi connectivity index (χ3n) is 3.09. The van der Waals surface area contributed by atoms with Crippen LogP contribution in [-0.4, -0.2) is 14.2 Å². The first-order valence-electron chi connectivity index (χ1n) is 8.38. The number of nitrogens with two attached hydrogens (primary N) is 1. The Morgan fingerprint density at radius 1 is 1.12 bits per heavy atom. The van der Waals surface area contributed by atoms with Crippen LogP contribution in [0.25, 0.3) is 0 Å². The predicted octanol–water partition coefficient (Wildman–Crippen LogP) is 2.00. The normalized spacial score (nSPS) is 23.2. The molecule has 2 aromatic carbocycles. The average molecular weight is 348 g/mol. The molecule has 1 heterocycles. The monoisotopic (exact) mass is 348 g/mol. The van der Waals surface area contributed by atoms with Crippen molar-refractivity contribution >= 4 is 15.9 Å². The van der Waals surface area contributed by atoms with E-state index in [-0.39, 0.29) is 11.1 Å². The van der Waals surface area contributed by atoms with Crippen LogP contribution in [0.5, 0.6) is 0 Å². The summed E-state index contributed by atoms with van der Waals surface area (Å²) in [6.45, 7) is 0. The van der Waals surface area contributed by atoms with Crippen LogP contribution in [0.3, 0.4) is 0 Å². The molecule has 0 radical (unpaired) electrons. The van der Waals surface area contributed by atoms with Crippen LogP contribution in [0.4, 0.5) is 0 Å². The lowest BCUT2D eigenvalue weighted by atomic mass is 10.1. The van der Waals surface area contributed by atoms with E-state index in [0.717, 1.165) is 0 Å². The zero-order valence-electron chi connectivity index (χ0n) is 15.3. The minimum Gasteiger partial charge on any atom is -0.460 e. The molecule has 24 heavy (non-hydrogen) atoms. The Labute approximate surface area is 143 Å². The van der Waals surface area contributed by atoms with Gasteiger partial charge in [-0.15, -0.1) is 0 Å². The Bertz CT molecular complexity index is 1010. The fraction of sp³-hybridized carbons (Fsp3) is 0.118. The highest BCUT2D eigenvalue weighted by molar-refractivity contribution is 7.86. The quantitative estimate of drug-likeness (QED) is 0.830. The van der Waals surface area contributed by atoms with Crippen molar-refractivity contribution in [2.75, 3.05) is 0 Å². The summed E-state index contributed by atoms with van der Waals surface area (Å²) in [7, 11) is -4.98. The maximum atomic E-state index is 12.6. The molecule has 0 bridgehead atoms. The van der Waals surface area contributed by atoms with Crippen LogP contribution < -0.4 is 5.73 Å². The summed E-state index contributed by atoms with van der Waals surface area (Å²) in [5.74, 6) is -2.77. The van der Waals surface area contributed by atoms with Crippen LogP contribution >= 0.6 is 0 Å². The van der Waals surface area contributed by atoms with Gasteiger partial charge in [0.05, 0.1) is 4.11 Å². The summed E-state index contributed by atoms with van der Waals surface area (Å²) < 4.78 is 58.9. The fourth-order valence-corrected chi connectivity index (χ4v) is 2.90. The summed E-state index contributed by atoms with van der Waals surface area (Å²) in [5, 5.41) is 0. The second kappa shape index (κ2) is 6.37. The third-order valence-corrected chi connectivity index (χ3v) is 3.97. The predicted molar refractivity (Wildman–Crippen MR) is 86.6 cm³/mol. The van der Waals surface area contributed by atoms with E-state index in [1.807, 2.05) is 0 Å². The van der Waals surface area contributed by atoms with Crippen LogP contribution in [0, 0.1) is 0 Å². The molecule has 124 valence electrons. The molecule has 1 aliphatic rings. The molecule has 0 fully saturated rings. The number of hydrogen-bond donors (Lipinski definition) is 1. The average Bonchev–Trinajstić information content (AvgIpc) is 2.87. The van der Waals surface area contributed by atoms with E-state index in [1.165, 1.54) is 36.4 Å². The van der Waals surface area contributed by atoms with E-state index in [2.05, 4.69) is 0 Å². The molecular formula is C17H15NO5S. The van der Waals surface area contributed by atoms with Gasteiger partial charge in [-0.3, -0.25) is 4.79 Å². The van der Waals surface area contributed by atoms with Crippen molar-refractivity contribution in [1.29, 1.82) is 0 Å². The van der Waals surface area contributed by atoms with Gasteiger partial charge < -0.3 is 14.7 Å². The summed E-state index contributed by atoms with van der Waals surface area (Å²) in [4.78, 5) is 12.6. The lowest BCUT2D eigenvalue weighted by molar-refractivity contribution is -0.123. The second-order valence-corrected chi connectivity index (χ2v) is 6.10. The van der Waals surface area contributed by atoms with Crippen LogP contribution in [-0.2, 0) is 29.5 Å². The van der Waals surface area contributed by atoms with Crippen LogP contribution in [0.2, 0.25) is 0 Å². The lowest BCUT2D eigenvalue weighted by Gasteiger charge is -2.09. The molecule has 1 atom stereocenters. The molecule has 7 heteroatoms. The van der Waals surface area contributed by atoms with Crippen molar-refractivity contribution in [1.82, 2.24) is 0 Å². The highest BCUT2D eigenvalue weighted by Crippen LogP contribution is 2.32. The van der Waals surface area contributed by atoms with Gasteiger partial charge in [-0.2, -0.15) is 8.42 Å². The van der Waals surface area contributed by atoms with Gasteiger partial charge in [0, 0.05) is 5.56 Å². The van der Waals surface area contributed by atoms with E-state index in [0.29, 0.717) is 0 Å². The Kier molecular flexibility index (Phi) is 3.34. The van der Waals surface area contributed by atoms with Crippen molar-refractivity contribution in [2.45, 2.75) is 11.8 Å². The van der Waals surface area contributed by atoms with Crippen molar-refractivity contribution in [3.8, 4) is 0 Å². The number of ether oxygens (including phenoxy) is 1. The summed E-state index contributed by atoms with van der Waals surface area (Å²) in [6.07, 6.45) is -2.31. The minimum atomic E-state index is -4.98. The molecule has 0 aliphatic carbocycles. The van der Waals surface area contributed by atoms with Crippen molar-refractivity contribution in [3.05, 3.63) is 83.4 Å². The Morgan fingerprint density at radius 3 is 2.33 bits per heavy atom. The largest absolute Gasteiger partial charge is 0.460 e. The first kappa shape index (κ1) is 12.6. The third kappa shape index (κ3) is 3.41. The topological polar surface area (TPSA) is 95.7 Å². The van der Waals surface area contributed by atoms with Crippen LogP contribution in [0.1, 0.15) is 21.3 Å². The summed E-state index contributed by atoms with van der Waals surface area (Å²) in [5.41, 5.74) is 2.56. The van der Waals surface area contributed by atoms with E-state index < -0.39 is 39.3 Å². The minimum absolute atomic E-state index is 0.125. The molecule has 0 unspecified atom stereocenters. The molecule has 0 amide bonds. The second-order valence-electron chi connectivity index (χ2n) is 4.83. The van der Waals surface area contributed by atoms with Gasteiger partial charge in [0.2, 0.25) is 17.4 Å². The van der Waals surface area contributed by atoms with Gasteiger partial charge in [0.25, 0.3) is 0 Å². The molecule has 0 saturated carbocycles.